The van der Waals surface area contributed by atoms with Gasteiger partial charge in [-0.15, -0.1) is 0 Å². The minimum Gasteiger partial charge on any atom is -0.307 e. The van der Waals surface area contributed by atoms with Gasteiger partial charge in [-0.2, -0.15) is 10.2 Å². The summed E-state index contributed by atoms with van der Waals surface area (Å²) >= 11 is 0. The Morgan fingerprint density at radius 2 is 0.933 bits per heavy atom. The average molecular weight is 400 g/mol. The first-order valence-corrected chi connectivity index (χ1v) is 9.09. The lowest BCUT2D eigenvalue weighted by Crippen LogP contribution is -2.24. The highest BCUT2D eigenvalue weighted by Gasteiger charge is 1.99. The quantitative estimate of drug-likeness (QED) is 0.371. The fourth-order valence-corrected chi connectivity index (χ4v) is 2.36. The molecule has 0 saturated heterocycles. The fourth-order valence-electron chi connectivity index (χ4n) is 2.36. The Kier molecular flexibility index (Phi) is 7.28. The zero-order valence-corrected chi connectivity index (χ0v) is 15.9. The van der Waals surface area contributed by atoms with Crippen molar-refractivity contribution in [3.8, 4) is 0 Å². The van der Waals surface area contributed by atoms with Gasteiger partial charge >= 0.3 is 12.1 Å². The highest BCUT2D eigenvalue weighted by Crippen LogP contribution is 2.05. The molecule has 8 nitrogen and oxygen atoms in total. The Hall–Kier alpha value is -4.46. The van der Waals surface area contributed by atoms with Crippen LogP contribution in [-0.4, -0.2) is 24.5 Å². The van der Waals surface area contributed by atoms with Gasteiger partial charge in [0.25, 0.3) is 0 Å². The Morgan fingerprint density at radius 3 is 1.30 bits per heavy atom. The van der Waals surface area contributed by atoms with Crippen molar-refractivity contribution in [3.63, 3.8) is 0 Å². The fraction of sp³-hybridized carbons (Fsp3) is 0. The van der Waals surface area contributed by atoms with E-state index in [0.29, 0.717) is 11.4 Å². The number of hydrogen-bond acceptors (Lipinski definition) is 4. The third-order valence-electron chi connectivity index (χ3n) is 3.76. The molecule has 0 aliphatic heterocycles. The zero-order chi connectivity index (χ0) is 21.0. The van der Waals surface area contributed by atoms with E-state index in [1.54, 1.807) is 24.3 Å². The maximum absolute atomic E-state index is 11.8. The first kappa shape index (κ1) is 20.3. The molecule has 0 radical (unpaired) electrons. The summed E-state index contributed by atoms with van der Waals surface area (Å²) in [5.41, 5.74) is 7.75. The molecule has 0 atom stereocenters. The molecule has 4 N–H and O–H groups in total. The molecule has 4 amide bonds. The molecule has 0 saturated carbocycles. The number of hydrazone groups is 2. The normalized spacial score (nSPS) is 10.7. The van der Waals surface area contributed by atoms with Crippen LogP contribution in [0.2, 0.25) is 0 Å². The molecule has 0 aliphatic rings. The maximum atomic E-state index is 11.8. The van der Waals surface area contributed by atoms with Crippen molar-refractivity contribution in [2.24, 2.45) is 10.2 Å². The van der Waals surface area contributed by atoms with Crippen LogP contribution in [0.15, 0.2) is 95.1 Å². The van der Waals surface area contributed by atoms with E-state index in [1.165, 1.54) is 12.4 Å². The molecular weight excluding hydrogens is 380 g/mol. The van der Waals surface area contributed by atoms with Crippen molar-refractivity contribution in [1.29, 1.82) is 0 Å². The SMILES string of the molecule is O=C(NN=Cc1ccc(C=NNC(=O)Nc2ccccc2)cc1)Nc1ccccc1. The molecule has 3 aromatic carbocycles. The van der Waals surface area contributed by atoms with Gasteiger partial charge in [-0.05, 0) is 35.4 Å². The van der Waals surface area contributed by atoms with Gasteiger partial charge in [0.2, 0.25) is 0 Å². The van der Waals surface area contributed by atoms with Crippen molar-refractivity contribution in [3.05, 3.63) is 96.1 Å². The van der Waals surface area contributed by atoms with Gasteiger partial charge in [0.1, 0.15) is 0 Å². The molecule has 0 bridgehead atoms. The molecule has 0 unspecified atom stereocenters. The zero-order valence-electron chi connectivity index (χ0n) is 15.9. The summed E-state index contributed by atoms with van der Waals surface area (Å²) in [6, 6.07) is 24.6. The lowest BCUT2D eigenvalue weighted by molar-refractivity contribution is 0.251. The molecule has 0 spiro atoms. The standard InChI is InChI=1S/C22H20N6O2/c29-21(25-19-7-3-1-4-8-19)27-23-15-17-11-13-18(14-12-17)16-24-28-22(30)26-20-9-5-2-6-10-20/h1-16H,(H2,25,27,29)(H2,26,28,30). The maximum Gasteiger partial charge on any atom is 0.339 e. The second-order valence-corrected chi connectivity index (χ2v) is 6.05. The van der Waals surface area contributed by atoms with E-state index in [9.17, 15) is 9.59 Å². The second-order valence-electron chi connectivity index (χ2n) is 6.05. The minimum atomic E-state index is -0.430. The highest BCUT2D eigenvalue weighted by atomic mass is 16.2. The van der Waals surface area contributed by atoms with Crippen molar-refractivity contribution < 1.29 is 9.59 Å². The summed E-state index contributed by atoms with van der Waals surface area (Å²) in [6.07, 6.45) is 3.05. The van der Waals surface area contributed by atoms with Crippen LogP contribution >= 0.6 is 0 Å². The van der Waals surface area contributed by atoms with E-state index in [2.05, 4.69) is 31.7 Å². The number of carbonyl (C=O) groups excluding carboxylic acids is 2. The largest absolute Gasteiger partial charge is 0.339 e. The summed E-state index contributed by atoms with van der Waals surface area (Å²) in [4.78, 5) is 23.5. The van der Waals surface area contributed by atoms with E-state index in [0.717, 1.165) is 11.1 Å². The summed E-state index contributed by atoms with van der Waals surface area (Å²) in [6.45, 7) is 0. The average Bonchev–Trinajstić information content (AvgIpc) is 2.76. The number of para-hydroxylation sites is 2. The molecule has 0 aromatic heterocycles. The predicted octanol–water partition coefficient (Wildman–Crippen LogP) is 4.00. The Labute approximate surface area is 173 Å². The van der Waals surface area contributed by atoms with Crippen LogP contribution < -0.4 is 21.5 Å². The molecule has 3 rings (SSSR count). The van der Waals surface area contributed by atoms with Crippen molar-refractivity contribution in [2.75, 3.05) is 10.6 Å². The van der Waals surface area contributed by atoms with Gasteiger partial charge in [-0.3, -0.25) is 0 Å². The summed E-state index contributed by atoms with van der Waals surface area (Å²) in [7, 11) is 0. The number of rotatable bonds is 6. The van der Waals surface area contributed by atoms with Crippen LogP contribution in [0.5, 0.6) is 0 Å². The molecule has 8 heteroatoms. The molecule has 150 valence electrons. The number of benzene rings is 3. The second kappa shape index (κ2) is 10.8. The van der Waals surface area contributed by atoms with Crippen LogP contribution in [0.4, 0.5) is 21.0 Å². The van der Waals surface area contributed by atoms with E-state index < -0.39 is 12.1 Å². The van der Waals surface area contributed by atoms with E-state index in [4.69, 9.17) is 0 Å². The van der Waals surface area contributed by atoms with Gasteiger partial charge in [0.15, 0.2) is 0 Å². The van der Waals surface area contributed by atoms with Gasteiger partial charge in [0.05, 0.1) is 12.4 Å². The monoisotopic (exact) mass is 400 g/mol. The Bertz CT molecular complexity index is 934. The van der Waals surface area contributed by atoms with Crippen LogP contribution in [0.1, 0.15) is 11.1 Å². The van der Waals surface area contributed by atoms with Crippen LogP contribution in [0.3, 0.4) is 0 Å². The summed E-state index contributed by atoms with van der Waals surface area (Å²) in [5, 5.41) is 13.1. The number of urea groups is 2. The van der Waals surface area contributed by atoms with Gasteiger partial charge < -0.3 is 10.6 Å². The molecule has 30 heavy (non-hydrogen) atoms. The lowest BCUT2D eigenvalue weighted by atomic mass is 10.2. The smallest absolute Gasteiger partial charge is 0.307 e. The number of nitrogens with zero attached hydrogens (tertiary/aromatic N) is 2. The van der Waals surface area contributed by atoms with Crippen LogP contribution in [0, 0.1) is 0 Å². The first-order chi connectivity index (χ1) is 14.7. The number of amides is 4. The minimum absolute atomic E-state index is 0.430. The predicted molar refractivity (Wildman–Crippen MR) is 119 cm³/mol. The Balaban J connectivity index is 1.42. The third-order valence-corrected chi connectivity index (χ3v) is 3.76. The van der Waals surface area contributed by atoms with E-state index in [1.807, 2.05) is 60.7 Å². The highest BCUT2D eigenvalue weighted by molar-refractivity contribution is 5.91. The summed E-state index contributed by atoms with van der Waals surface area (Å²) in [5.74, 6) is 0. The van der Waals surface area contributed by atoms with E-state index >= 15 is 0 Å². The lowest BCUT2D eigenvalue weighted by Gasteiger charge is -2.03. The van der Waals surface area contributed by atoms with Gasteiger partial charge in [0, 0.05) is 11.4 Å². The van der Waals surface area contributed by atoms with Crippen molar-refractivity contribution >= 4 is 35.9 Å². The topological polar surface area (TPSA) is 107 Å². The third kappa shape index (κ3) is 6.93. The molecule has 0 fully saturated rings. The molecule has 3 aromatic rings. The molecule has 0 aliphatic carbocycles. The summed E-state index contributed by atoms with van der Waals surface area (Å²) < 4.78 is 0. The van der Waals surface area contributed by atoms with Gasteiger partial charge in [-0.1, -0.05) is 60.7 Å². The van der Waals surface area contributed by atoms with Gasteiger partial charge in [-0.25, -0.2) is 20.4 Å². The van der Waals surface area contributed by atoms with Crippen molar-refractivity contribution in [1.82, 2.24) is 10.9 Å². The number of carbonyl (C=O) groups is 2. The first-order valence-electron chi connectivity index (χ1n) is 9.09. The molecular formula is C22H20N6O2. The van der Waals surface area contributed by atoms with E-state index in [-0.39, 0.29) is 0 Å². The number of hydrogen-bond donors (Lipinski definition) is 4. The Morgan fingerprint density at radius 1 is 0.567 bits per heavy atom. The number of anilines is 2. The number of nitrogens with one attached hydrogen (secondary N) is 4. The van der Waals surface area contributed by atoms with Crippen molar-refractivity contribution in [2.45, 2.75) is 0 Å². The van der Waals surface area contributed by atoms with Crippen LogP contribution in [0.25, 0.3) is 0 Å². The van der Waals surface area contributed by atoms with Crippen LogP contribution in [-0.2, 0) is 0 Å². The molecule has 0 heterocycles.